The predicted octanol–water partition coefficient (Wildman–Crippen LogP) is 1.72. The average molecular weight is 242 g/mol. The van der Waals surface area contributed by atoms with Crippen LogP contribution in [0.3, 0.4) is 0 Å². The molecule has 0 aliphatic carbocycles. The minimum atomic E-state index is 0.523. The fourth-order valence-corrected chi connectivity index (χ4v) is 2.96. The molecule has 0 amide bonds. The van der Waals surface area contributed by atoms with Crippen LogP contribution >= 0.6 is 0 Å². The highest BCUT2D eigenvalue weighted by Crippen LogP contribution is 2.32. The van der Waals surface area contributed by atoms with Crippen LogP contribution in [0.2, 0.25) is 0 Å². The van der Waals surface area contributed by atoms with Crippen molar-refractivity contribution in [3.63, 3.8) is 0 Å². The minimum absolute atomic E-state index is 0.523. The van der Waals surface area contributed by atoms with Crippen molar-refractivity contribution in [2.24, 2.45) is 5.92 Å². The molecular formula is C15H18N2O. The van der Waals surface area contributed by atoms with E-state index in [4.69, 9.17) is 4.74 Å². The van der Waals surface area contributed by atoms with Crippen LogP contribution in [-0.2, 0) is 11.3 Å². The summed E-state index contributed by atoms with van der Waals surface area (Å²) in [6.45, 7) is 0.595. The van der Waals surface area contributed by atoms with Gasteiger partial charge in [0.05, 0.1) is 6.61 Å². The largest absolute Gasteiger partial charge is 0.380 e. The molecule has 3 unspecified atom stereocenters. The normalized spacial score (nSPS) is 29.1. The molecule has 1 aromatic rings. The molecule has 2 aliphatic rings. The number of ether oxygens (including phenoxy) is 1. The van der Waals surface area contributed by atoms with Gasteiger partial charge in [0.2, 0.25) is 0 Å². The Morgan fingerprint density at radius 1 is 1.44 bits per heavy atom. The number of methoxy groups -OCH3 is 1. The Morgan fingerprint density at radius 3 is 3.11 bits per heavy atom. The lowest BCUT2D eigenvalue weighted by Crippen LogP contribution is -2.21. The number of pyridine rings is 1. The molecule has 1 N–H and O–H groups in total. The molecule has 0 radical (unpaired) electrons. The van der Waals surface area contributed by atoms with E-state index in [2.05, 4.69) is 28.2 Å². The van der Waals surface area contributed by atoms with Gasteiger partial charge in [-0.25, -0.2) is 0 Å². The molecule has 3 rings (SSSR count). The lowest BCUT2D eigenvalue weighted by atomic mass is 9.89. The molecule has 94 valence electrons. The van der Waals surface area contributed by atoms with Crippen LogP contribution in [0.5, 0.6) is 0 Å². The molecule has 3 heteroatoms. The van der Waals surface area contributed by atoms with Gasteiger partial charge in [0.25, 0.3) is 0 Å². The SMILES string of the molecule is COCc1cncc(C#CC2CC3CCC2N3)c1. The van der Waals surface area contributed by atoms with Crippen LogP contribution in [-0.4, -0.2) is 24.2 Å². The van der Waals surface area contributed by atoms with Crippen molar-refractivity contribution in [3.8, 4) is 11.8 Å². The topological polar surface area (TPSA) is 34.1 Å². The highest BCUT2D eigenvalue weighted by molar-refractivity contribution is 5.35. The Kier molecular flexibility index (Phi) is 3.31. The van der Waals surface area contributed by atoms with E-state index < -0.39 is 0 Å². The van der Waals surface area contributed by atoms with Crippen molar-refractivity contribution >= 4 is 0 Å². The molecule has 0 saturated carbocycles. The van der Waals surface area contributed by atoms with Crippen molar-refractivity contribution in [2.45, 2.75) is 38.0 Å². The summed E-state index contributed by atoms with van der Waals surface area (Å²) in [6, 6.07) is 3.40. The molecule has 2 bridgehead atoms. The molecule has 0 spiro atoms. The van der Waals surface area contributed by atoms with Gasteiger partial charge in [-0.1, -0.05) is 11.8 Å². The van der Waals surface area contributed by atoms with E-state index >= 15 is 0 Å². The third-order valence-electron chi connectivity index (χ3n) is 3.81. The lowest BCUT2D eigenvalue weighted by molar-refractivity contribution is 0.184. The highest BCUT2D eigenvalue weighted by atomic mass is 16.5. The third kappa shape index (κ3) is 2.40. The van der Waals surface area contributed by atoms with Gasteiger partial charge < -0.3 is 10.1 Å². The summed E-state index contributed by atoms with van der Waals surface area (Å²) >= 11 is 0. The molecule has 2 saturated heterocycles. The Morgan fingerprint density at radius 2 is 2.39 bits per heavy atom. The maximum Gasteiger partial charge on any atom is 0.0728 e. The number of rotatable bonds is 2. The Labute approximate surface area is 108 Å². The second kappa shape index (κ2) is 5.09. The van der Waals surface area contributed by atoms with Crippen molar-refractivity contribution in [3.05, 3.63) is 29.6 Å². The third-order valence-corrected chi connectivity index (χ3v) is 3.81. The average Bonchev–Trinajstić information content (AvgIpc) is 2.99. The molecule has 3 atom stereocenters. The maximum absolute atomic E-state index is 5.10. The van der Waals surface area contributed by atoms with Gasteiger partial charge in [0.15, 0.2) is 0 Å². The first kappa shape index (κ1) is 11.7. The monoisotopic (exact) mass is 242 g/mol. The predicted molar refractivity (Wildman–Crippen MR) is 69.9 cm³/mol. The minimum Gasteiger partial charge on any atom is -0.380 e. The first-order chi connectivity index (χ1) is 8.85. The molecule has 18 heavy (non-hydrogen) atoms. The molecule has 3 heterocycles. The summed E-state index contributed by atoms with van der Waals surface area (Å²) in [5.74, 6) is 7.19. The molecule has 3 nitrogen and oxygen atoms in total. The lowest BCUT2D eigenvalue weighted by Gasteiger charge is -2.13. The van der Waals surface area contributed by atoms with Crippen LogP contribution in [0.4, 0.5) is 0 Å². The van der Waals surface area contributed by atoms with Crippen LogP contribution in [0.1, 0.15) is 30.4 Å². The zero-order valence-electron chi connectivity index (χ0n) is 10.6. The van der Waals surface area contributed by atoms with E-state index in [1.54, 1.807) is 7.11 Å². The second-order valence-electron chi connectivity index (χ2n) is 5.17. The fraction of sp³-hybridized carbons (Fsp3) is 0.533. The van der Waals surface area contributed by atoms with Crippen molar-refractivity contribution in [1.82, 2.24) is 10.3 Å². The smallest absolute Gasteiger partial charge is 0.0728 e. The quantitative estimate of drug-likeness (QED) is 0.802. The van der Waals surface area contributed by atoms with E-state index in [0.29, 0.717) is 24.6 Å². The first-order valence-electron chi connectivity index (χ1n) is 6.55. The van der Waals surface area contributed by atoms with Crippen molar-refractivity contribution in [1.29, 1.82) is 0 Å². The number of hydrogen-bond acceptors (Lipinski definition) is 3. The number of aromatic nitrogens is 1. The van der Waals surface area contributed by atoms with E-state index in [1.165, 1.54) is 19.3 Å². The number of nitrogens with zero attached hydrogens (tertiary/aromatic N) is 1. The van der Waals surface area contributed by atoms with E-state index in [9.17, 15) is 0 Å². The van der Waals surface area contributed by atoms with Gasteiger partial charge in [-0.3, -0.25) is 4.98 Å². The van der Waals surface area contributed by atoms with Gasteiger partial charge in [-0.05, 0) is 30.9 Å². The molecule has 2 aliphatic heterocycles. The molecule has 0 aromatic carbocycles. The van der Waals surface area contributed by atoms with Crippen LogP contribution in [0.15, 0.2) is 18.5 Å². The van der Waals surface area contributed by atoms with E-state index in [1.807, 2.05) is 12.4 Å². The first-order valence-corrected chi connectivity index (χ1v) is 6.55. The van der Waals surface area contributed by atoms with Gasteiger partial charge in [0.1, 0.15) is 0 Å². The maximum atomic E-state index is 5.10. The molecule has 2 fully saturated rings. The van der Waals surface area contributed by atoms with Gasteiger partial charge in [-0.15, -0.1) is 0 Å². The summed E-state index contributed by atoms with van der Waals surface area (Å²) in [5, 5.41) is 3.61. The Balaban J connectivity index is 1.71. The summed E-state index contributed by atoms with van der Waals surface area (Å²) in [5.41, 5.74) is 2.07. The summed E-state index contributed by atoms with van der Waals surface area (Å²) in [4.78, 5) is 4.20. The summed E-state index contributed by atoms with van der Waals surface area (Å²) in [6.07, 6.45) is 7.48. The van der Waals surface area contributed by atoms with E-state index in [0.717, 1.165) is 11.1 Å². The Hall–Kier alpha value is -1.37. The highest BCUT2D eigenvalue weighted by Gasteiger charge is 2.37. The van der Waals surface area contributed by atoms with Crippen molar-refractivity contribution in [2.75, 3.05) is 7.11 Å². The molecular weight excluding hydrogens is 224 g/mol. The van der Waals surface area contributed by atoms with Gasteiger partial charge in [-0.2, -0.15) is 0 Å². The summed E-state index contributed by atoms with van der Waals surface area (Å²) < 4.78 is 5.10. The Bertz CT molecular complexity index is 489. The zero-order chi connectivity index (χ0) is 12.4. The standard InChI is InChI=1S/C15H18N2O/c1-18-10-12-6-11(8-16-9-12)2-3-13-7-14-4-5-15(13)17-14/h6,8-9,13-15,17H,4-5,7,10H2,1H3. The van der Waals surface area contributed by atoms with Gasteiger partial charge >= 0.3 is 0 Å². The number of hydrogen-bond donors (Lipinski definition) is 1. The van der Waals surface area contributed by atoms with Crippen LogP contribution in [0.25, 0.3) is 0 Å². The second-order valence-corrected chi connectivity index (χ2v) is 5.17. The zero-order valence-corrected chi connectivity index (χ0v) is 10.6. The van der Waals surface area contributed by atoms with Crippen molar-refractivity contribution < 1.29 is 4.74 Å². The van der Waals surface area contributed by atoms with Crippen LogP contribution < -0.4 is 5.32 Å². The summed E-state index contributed by atoms with van der Waals surface area (Å²) in [7, 11) is 1.69. The fourth-order valence-electron chi connectivity index (χ4n) is 2.96. The van der Waals surface area contributed by atoms with Gasteiger partial charge in [0, 0.05) is 43.1 Å². The number of nitrogens with one attached hydrogen (secondary N) is 1. The molecule has 1 aromatic heterocycles. The van der Waals surface area contributed by atoms with E-state index in [-0.39, 0.29) is 0 Å². The van der Waals surface area contributed by atoms with Crippen LogP contribution in [0, 0.1) is 17.8 Å². The number of fused-ring (bicyclic) bond motifs is 2.